The lowest BCUT2D eigenvalue weighted by molar-refractivity contribution is -0.120. The van der Waals surface area contributed by atoms with Gasteiger partial charge in [0.1, 0.15) is 11.4 Å². The second-order valence-corrected chi connectivity index (χ2v) is 8.61. The highest BCUT2D eigenvalue weighted by molar-refractivity contribution is 6.01. The maximum atomic E-state index is 13.6. The number of nitrogens with two attached hydrogens (primary N) is 1. The molecule has 0 radical (unpaired) electrons. The zero-order valence-electron chi connectivity index (χ0n) is 19.2. The van der Waals surface area contributed by atoms with E-state index in [-0.39, 0.29) is 17.6 Å². The van der Waals surface area contributed by atoms with Crippen LogP contribution in [0.1, 0.15) is 37.3 Å². The lowest BCUT2D eigenvalue weighted by atomic mass is 9.90. The SMILES string of the molecule is CC(Nc1cccc(C(=N)N)c1)(C(=O)Nc1ccc(N2CCCCC2=O)cc1)c1ccccc1. The highest BCUT2D eigenvalue weighted by atomic mass is 16.2. The molecule has 4 rings (SSSR count). The molecule has 1 fully saturated rings. The van der Waals surface area contributed by atoms with Crippen molar-refractivity contribution < 1.29 is 9.59 Å². The molecule has 3 aromatic carbocycles. The van der Waals surface area contributed by atoms with Crippen LogP contribution in [0.25, 0.3) is 0 Å². The van der Waals surface area contributed by atoms with Crippen LogP contribution < -0.4 is 21.3 Å². The van der Waals surface area contributed by atoms with Gasteiger partial charge in [-0.2, -0.15) is 0 Å². The standard InChI is InChI=1S/C27H29N5O2/c1-27(20-9-3-2-4-10-20,31-22-11-7-8-19(18-22)25(28)29)26(34)30-21-13-15-23(16-14-21)32-17-6-5-12-24(32)33/h2-4,7-11,13-16,18,31H,5-6,12,17H2,1H3,(H3,28,29)(H,30,34). The number of carbonyl (C=O) groups excluding carboxylic acids is 2. The van der Waals surface area contributed by atoms with Crippen molar-refractivity contribution in [1.29, 1.82) is 5.41 Å². The van der Waals surface area contributed by atoms with Crippen LogP contribution in [0.15, 0.2) is 78.9 Å². The van der Waals surface area contributed by atoms with E-state index in [1.807, 2.05) is 67.6 Å². The van der Waals surface area contributed by atoms with Crippen LogP contribution in [0.3, 0.4) is 0 Å². The molecule has 0 bridgehead atoms. The Bertz CT molecular complexity index is 1190. The molecule has 0 saturated carbocycles. The number of nitrogens with zero attached hydrogens (tertiary/aromatic N) is 1. The minimum Gasteiger partial charge on any atom is -0.384 e. The smallest absolute Gasteiger partial charge is 0.254 e. The van der Waals surface area contributed by atoms with E-state index < -0.39 is 5.54 Å². The Morgan fingerprint density at radius 2 is 1.71 bits per heavy atom. The Morgan fingerprint density at radius 1 is 0.971 bits per heavy atom. The summed E-state index contributed by atoms with van der Waals surface area (Å²) in [6, 6.07) is 24.0. The van der Waals surface area contributed by atoms with Crippen molar-refractivity contribution in [1.82, 2.24) is 0 Å². The maximum Gasteiger partial charge on any atom is 0.254 e. The first kappa shape index (κ1) is 23.0. The summed E-state index contributed by atoms with van der Waals surface area (Å²) in [4.78, 5) is 27.6. The van der Waals surface area contributed by atoms with E-state index in [2.05, 4.69) is 10.6 Å². The Morgan fingerprint density at radius 3 is 2.38 bits per heavy atom. The zero-order valence-corrected chi connectivity index (χ0v) is 19.2. The van der Waals surface area contributed by atoms with Gasteiger partial charge in [0.15, 0.2) is 0 Å². The minimum absolute atomic E-state index is 0.0400. The van der Waals surface area contributed by atoms with Gasteiger partial charge < -0.3 is 21.3 Å². The number of carbonyl (C=O) groups is 2. The largest absolute Gasteiger partial charge is 0.384 e. The number of benzene rings is 3. The minimum atomic E-state index is -1.10. The van der Waals surface area contributed by atoms with Crippen LogP contribution in [0.2, 0.25) is 0 Å². The van der Waals surface area contributed by atoms with E-state index >= 15 is 0 Å². The third-order valence-electron chi connectivity index (χ3n) is 6.13. The number of anilines is 3. The molecule has 0 spiro atoms. The van der Waals surface area contributed by atoms with Crippen LogP contribution in [-0.4, -0.2) is 24.2 Å². The fourth-order valence-corrected chi connectivity index (χ4v) is 4.14. The summed E-state index contributed by atoms with van der Waals surface area (Å²) in [5, 5.41) is 14.1. The number of amides is 2. The molecule has 2 amide bonds. The van der Waals surface area contributed by atoms with Gasteiger partial charge in [0, 0.05) is 35.6 Å². The van der Waals surface area contributed by atoms with Gasteiger partial charge in [-0.15, -0.1) is 0 Å². The summed E-state index contributed by atoms with van der Waals surface area (Å²) in [6.07, 6.45) is 2.50. The number of hydrogen-bond donors (Lipinski definition) is 4. The molecule has 1 aliphatic heterocycles. The molecule has 1 aliphatic rings. The van der Waals surface area contributed by atoms with E-state index in [1.165, 1.54) is 0 Å². The molecule has 174 valence electrons. The normalized spacial score (nSPS) is 15.3. The first-order chi connectivity index (χ1) is 16.4. The lowest BCUT2D eigenvalue weighted by Gasteiger charge is -2.31. The van der Waals surface area contributed by atoms with E-state index in [0.717, 1.165) is 30.6 Å². The molecule has 7 nitrogen and oxygen atoms in total. The molecular weight excluding hydrogens is 426 g/mol. The Labute approximate surface area is 199 Å². The topological polar surface area (TPSA) is 111 Å². The second-order valence-electron chi connectivity index (χ2n) is 8.61. The van der Waals surface area contributed by atoms with Crippen LogP contribution in [0.5, 0.6) is 0 Å². The number of piperidine rings is 1. The Kier molecular flexibility index (Phi) is 6.63. The molecule has 3 aromatic rings. The highest BCUT2D eigenvalue weighted by Gasteiger charge is 2.35. The van der Waals surface area contributed by atoms with Gasteiger partial charge in [-0.3, -0.25) is 15.0 Å². The van der Waals surface area contributed by atoms with Crippen molar-refractivity contribution in [2.45, 2.75) is 31.7 Å². The lowest BCUT2D eigenvalue weighted by Crippen LogP contribution is -2.44. The first-order valence-corrected chi connectivity index (χ1v) is 11.4. The molecule has 1 unspecified atom stereocenters. The van der Waals surface area contributed by atoms with Gasteiger partial charge in [-0.25, -0.2) is 0 Å². The monoisotopic (exact) mass is 455 g/mol. The summed E-state index contributed by atoms with van der Waals surface area (Å²) in [6.45, 7) is 2.54. The molecule has 5 N–H and O–H groups in total. The predicted octanol–water partition coefficient (Wildman–Crippen LogP) is 4.45. The van der Waals surface area contributed by atoms with Crippen molar-refractivity contribution in [2.75, 3.05) is 22.1 Å². The number of hydrogen-bond acceptors (Lipinski definition) is 4. The fraction of sp³-hybridized carbons (Fsp3) is 0.222. The van der Waals surface area contributed by atoms with Crippen LogP contribution in [0.4, 0.5) is 17.1 Å². The molecule has 1 saturated heterocycles. The van der Waals surface area contributed by atoms with Gasteiger partial charge in [-0.05, 0) is 61.7 Å². The van der Waals surface area contributed by atoms with Gasteiger partial charge in [0.2, 0.25) is 5.91 Å². The molecule has 1 heterocycles. The number of nitrogens with one attached hydrogen (secondary N) is 3. The number of nitrogen functional groups attached to an aromatic ring is 1. The summed E-state index contributed by atoms with van der Waals surface area (Å²) < 4.78 is 0. The third kappa shape index (κ3) is 4.93. The van der Waals surface area contributed by atoms with Crippen molar-refractivity contribution >= 4 is 34.7 Å². The van der Waals surface area contributed by atoms with E-state index in [1.54, 1.807) is 23.1 Å². The van der Waals surface area contributed by atoms with E-state index in [4.69, 9.17) is 11.1 Å². The third-order valence-corrected chi connectivity index (χ3v) is 6.13. The number of amidine groups is 1. The molecule has 34 heavy (non-hydrogen) atoms. The van der Waals surface area contributed by atoms with Gasteiger partial charge in [0.05, 0.1) is 0 Å². The fourth-order valence-electron chi connectivity index (χ4n) is 4.14. The molecule has 1 atom stereocenters. The molecule has 7 heteroatoms. The van der Waals surface area contributed by atoms with Crippen molar-refractivity contribution in [3.05, 3.63) is 90.0 Å². The average Bonchev–Trinajstić information content (AvgIpc) is 2.85. The van der Waals surface area contributed by atoms with Crippen molar-refractivity contribution in [3.8, 4) is 0 Å². The Balaban J connectivity index is 1.58. The van der Waals surface area contributed by atoms with Crippen LogP contribution in [-0.2, 0) is 15.1 Å². The van der Waals surface area contributed by atoms with E-state index in [9.17, 15) is 9.59 Å². The highest BCUT2D eigenvalue weighted by Crippen LogP contribution is 2.29. The van der Waals surface area contributed by atoms with Gasteiger partial charge in [-0.1, -0.05) is 42.5 Å². The quantitative estimate of drug-likeness (QED) is 0.311. The predicted molar refractivity (Wildman–Crippen MR) is 136 cm³/mol. The van der Waals surface area contributed by atoms with E-state index in [0.29, 0.717) is 23.4 Å². The van der Waals surface area contributed by atoms with Crippen LogP contribution >= 0.6 is 0 Å². The zero-order chi connectivity index (χ0) is 24.1. The van der Waals surface area contributed by atoms with Crippen molar-refractivity contribution in [3.63, 3.8) is 0 Å². The summed E-state index contributed by atoms with van der Waals surface area (Å²) in [7, 11) is 0. The molecular formula is C27H29N5O2. The summed E-state index contributed by atoms with van der Waals surface area (Å²) in [5.74, 6) is -0.146. The summed E-state index contributed by atoms with van der Waals surface area (Å²) in [5.41, 5.74) is 8.06. The van der Waals surface area contributed by atoms with Gasteiger partial charge in [0.25, 0.3) is 5.91 Å². The number of rotatable bonds is 7. The second kappa shape index (κ2) is 9.79. The summed E-state index contributed by atoms with van der Waals surface area (Å²) >= 11 is 0. The Hall–Kier alpha value is -4.13. The van der Waals surface area contributed by atoms with Crippen LogP contribution in [0, 0.1) is 5.41 Å². The average molecular weight is 456 g/mol. The first-order valence-electron chi connectivity index (χ1n) is 11.4. The molecule has 0 aliphatic carbocycles. The van der Waals surface area contributed by atoms with Crippen molar-refractivity contribution in [2.24, 2.45) is 5.73 Å². The molecule has 0 aromatic heterocycles. The maximum absolute atomic E-state index is 13.6. The van der Waals surface area contributed by atoms with Gasteiger partial charge >= 0.3 is 0 Å².